The Morgan fingerprint density at radius 1 is 1.10 bits per heavy atom. The van der Waals surface area contributed by atoms with Crippen molar-refractivity contribution in [2.24, 2.45) is 0 Å². The largest absolute Gasteiger partial charge is 0.337 e. The maximum absolute atomic E-state index is 12.7. The second-order valence-corrected chi connectivity index (χ2v) is 4.17. The summed E-state index contributed by atoms with van der Waals surface area (Å²) < 4.78 is 12.7. The Hall–Kier alpha value is -2.96. The number of rotatable bonds is 3. The molecule has 0 spiro atoms. The predicted molar refractivity (Wildman–Crippen MR) is 74.6 cm³/mol. The van der Waals surface area contributed by atoms with Crippen molar-refractivity contribution in [3.05, 3.63) is 60.2 Å². The molecule has 0 aliphatic heterocycles. The molecule has 21 heavy (non-hydrogen) atoms. The lowest BCUT2D eigenvalue weighted by Gasteiger charge is -2.08. The smallest absolute Gasteiger partial charge is 0.305 e. The fourth-order valence-electron chi connectivity index (χ4n) is 1.56. The minimum absolute atomic E-state index is 0.0352. The molecule has 1 aromatic carbocycles. The summed E-state index contributed by atoms with van der Waals surface area (Å²) in [5.74, 6) is -0.781. The highest BCUT2D eigenvalue weighted by Crippen LogP contribution is 2.03. The molecule has 1 aromatic heterocycles. The lowest BCUT2D eigenvalue weighted by Crippen LogP contribution is -2.44. The van der Waals surface area contributed by atoms with Crippen LogP contribution in [0.4, 0.5) is 14.9 Å². The SMILES string of the molecule is O=C(Cc1ccc(F)cc1)NNC(=O)Nc1cccnc1. The van der Waals surface area contributed by atoms with Crippen molar-refractivity contribution in [1.29, 1.82) is 0 Å². The summed E-state index contributed by atoms with van der Waals surface area (Å²) in [6.07, 6.45) is 3.08. The van der Waals surface area contributed by atoms with Crippen molar-refractivity contribution < 1.29 is 14.0 Å². The molecule has 2 aromatic rings. The van der Waals surface area contributed by atoms with Crippen molar-refractivity contribution >= 4 is 17.6 Å². The van der Waals surface area contributed by atoms with Gasteiger partial charge in [-0.05, 0) is 29.8 Å². The van der Waals surface area contributed by atoms with Gasteiger partial charge in [-0.2, -0.15) is 0 Å². The summed E-state index contributed by atoms with van der Waals surface area (Å²) in [5, 5.41) is 2.49. The van der Waals surface area contributed by atoms with Crippen LogP contribution in [0.1, 0.15) is 5.56 Å². The van der Waals surface area contributed by atoms with Crippen LogP contribution in [-0.4, -0.2) is 16.9 Å². The number of hydrazine groups is 1. The van der Waals surface area contributed by atoms with Crippen LogP contribution in [0.5, 0.6) is 0 Å². The van der Waals surface area contributed by atoms with Crippen LogP contribution in [-0.2, 0) is 11.2 Å². The number of carbonyl (C=O) groups is 2. The monoisotopic (exact) mass is 288 g/mol. The zero-order valence-electron chi connectivity index (χ0n) is 11.0. The fraction of sp³-hybridized carbons (Fsp3) is 0.0714. The van der Waals surface area contributed by atoms with Crippen molar-refractivity contribution in [2.45, 2.75) is 6.42 Å². The molecule has 0 aliphatic carbocycles. The fourth-order valence-corrected chi connectivity index (χ4v) is 1.56. The minimum atomic E-state index is -0.588. The van der Waals surface area contributed by atoms with E-state index in [-0.39, 0.29) is 12.2 Å². The Balaban J connectivity index is 1.76. The Labute approximate surface area is 120 Å². The number of urea groups is 1. The molecule has 0 saturated heterocycles. The average Bonchev–Trinajstić information content (AvgIpc) is 2.49. The number of halogens is 1. The van der Waals surface area contributed by atoms with Crippen LogP contribution >= 0.6 is 0 Å². The summed E-state index contributed by atoms with van der Waals surface area (Å²) in [4.78, 5) is 26.9. The van der Waals surface area contributed by atoms with Gasteiger partial charge in [0.2, 0.25) is 5.91 Å². The number of pyridine rings is 1. The molecular formula is C14H13FN4O2. The molecule has 0 saturated carbocycles. The lowest BCUT2D eigenvalue weighted by molar-refractivity contribution is -0.121. The number of amides is 3. The maximum atomic E-state index is 12.7. The molecule has 6 nitrogen and oxygen atoms in total. The van der Waals surface area contributed by atoms with E-state index in [1.807, 2.05) is 0 Å². The van der Waals surface area contributed by atoms with E-state index >= 15 is 0 Å². The zero-order valence-corrected chi connectivity index (χ0v) is 11.0. The Bertz CT molecular complexity index is 617. The molecule has 0 fully saturated rings. The summed E-state index contributed by atoms with van der Waals surface area (Å²) in [7, 11) is 0. The number of hydrogen-bond donors (Lipinski definition) is 3. The third-order valence-corrected chi connectivity index (χ3v) is 2.51. The van der Waals surface area contributed by atoms with Gasteiger partial charge in [-0.1, -0.05) is 12.1 Å². The van der Waals surface area contributed by atoms with E-state index in [9.17, 15) is 14.0 Å². The van der Waals surface area contributed by atoms with Crippen LogP contribution in [0.25, 0.3) is 0 Å². The first-order valence-electron chi connectivity index (χ1n) is 6.14. The van der Waals surface area contributed by atoms with Crippen LogP contribution in [0.15, 0.2) is 48.8 Å². The molecule has 3 amide bonds. The van der Waals surface area contributed by atoms with Gasteiger partial charge in [0.05, 0.1) is 18.3 Å². The predicted octanol–water partition coefficient (Wildman–Crippen LogP) is 1.62. The molecule has 3 N–H and O–H groups in total. The number of hydrogen-bond acceptors (Lipinski definition) is 3. The molecule has 0 atom stereocenters. The van der Waals surface area contributed by atoms with Crippen LogP contribution in [0, 0.1) is 5.82 Å². The lowest BCUT2D eigenvalue weighted by atomic mass is 10.1. The van der Waals surface area contributed by atoms with Gasteiger partial charge in [0.15, 0.2) is 0 Å². The summed E-state index contributed by atoms with van der Waals surface area (Å²) in [5.41, 5.74) is 5.61. The Morgan fingerprint density at radius 2 is 1.86 bits per heavy atom. The molecule has 2 rings (SSSR count). The third-order valence-electron chi connectivity index (χ3n) is 2.51. The van der Waals surface area contributed by atoms with Gasteiger partial charge in [0.1, 0.15) is 5.82 Å². The normalized spacial score (nSPS) is 9.76. The first-order valence-corrected chi connectivity index (χ1v) is 6.14. The van der Waals surface area contributed by atoms with E-state index in [1.54, 1.807) is 18.3 Å². The number of nitrogens with one attached hydrogen (secondary N) is 3. The zero-order chi connectivity index (χ0) is 15.1. The molecule has 0 unspecified atom stereocenters. The molecule has 0 bridgehead atoms. The van der Waals surface area contributed by atoms with Crippen molar-refractivity contribution in [1.82, 2.24) is 15.8 Å². The van der Waals surface area contributed by atoms with Crippen molar-refractivity contribution in [2.75, 3.05) is 5.32 Å². The highest BCUT2D eigenvalue weighted by atomic mass is 19.1. The Kier molecular flexibility index (Phi) is 4.81. The van der Waals surface area contributed by atoms with Gasteiger partial charge < -0.3 is 5.32 Å². The standard InChI is InChI=1S/C14H13FN4O2/c15-11-5-3-10(4-6-11)8-13(20)18-19-14(21)17-12-2-1-7-16-9-12/h1-7,9H,8H2,(H,18,20)(H2,17,19,21). The van der Waals surface area contributed by atoms with E-state index in [4.69, 9.17) is 0 Å². The average molecular weight is 288 g/mol. The van der Waals surface area contributed by atoms with Crippen LogP contribution in [0.3, 0.4) is 0 Å². The van der Waals surface area contributed by atoms with E-state index in [1.165, 1.54) is 30.5 Å². The second-order valence-electron chi connectivity index (χ2n) is 4.17. The van der Waals surface area contributed by atoms with E-state index < -0.39 is 11.9 Å². The molecule has 1 heterocycles. The first kappa shape index (κ1) is 14.4. The molecule has 0 aliphatic rings. The number of anilines is 1. The van der Waals surface area contributed by atoms with Gasteiger partial charge >= 0.3 is 6.03 Å². The summed E-state index contributed by atoms with van der Waals surface area (Å²) in [6, 6.07) is 8.29. The van der Waals surface area contributed by atoms with E-state index in [0.29, 0.717) is 11.3 Å². The summed E-state index contributed by atoms with van der Waals surface area (Å²) >= 11 is 0. The van der Waals surface area contributed by atoms with Crippen LogP contribution in [0.2, 0.25) is 0 Å². The van der Waals surface area contributed by atoms with E-state index in [0.717, 1.165) is 0 Å². The minimum Gasteiger partial charge on any atom is -0.305 e. The molecule has 7 heteroatoms. The molecular weight excluding hydrogens is 275 g/mol. The number of aromatic nitrogens is 1. The van der Waals surface area contributed by atoms with Gasteiger partial charge in [-0.25, -0.2) is 14.6 Å². The topological polar surface area (TPSA) is 83.1 Å². The molecule has 108 valence electrons. The quantitative estimate of drug-likeness (QED) is 0.750. The highest BCUT2D eigenvalue weighted by molar-refractivity contribution is 5.90. The highest BCUT2D eigenvalue weighted by Gasteiger charge is 2.06. The first-order chi connectivity index (χ1) is 10.1. The van der Waals surface area contributed by atoms with Gasteiger partial charge in [-0.15, -0.1) is 0 Å². The van der Waals surface area contributed by atoms with Gasteiger partial charge in [-0.3, -0.25) is 15.2 Å². The van der Waals surface area contributed by atoms with Crippen molar-refractivity contribution in [3.63, 3.8) is 0 Å². The summed E-state index contributed by atoms with van der Waals surface area (Å²) in [6.45, 7) is 0. The number of carbonyl (C=O) groups excluding carboxylic acids is 2. The second kappa shape index (κ2) is 6.99. The van der Waals surface area contributed by atoms with Gasteiger partial charge in [0, 0.05) is 6.20 Å². The third kappa shape index (κ3) is 4.90. The number of nitrogens with zero attached hydrogens (tertiary/aromatic N) is 1. The van der Waals surface area contributed by atoms with Crippen LogP contribution < -0.4 is 16.2 Å². The maximum Gasteiger partial charge on any atom is 0.337 e. The number of benzene rings is 1. The van der Waals surface area contributed by atoms with Crippen molar-refractivity contribution in [3.8, 4) is 0 Å². The van der Waals surface area contributed by atoms with E-state index in [2.05, 4.69) is 21.2 Å². The Morgan fingerprint density at radius 3 is 2.52 bits per heavy atom. The van der Waals surface area contributed by atoms with Gasteiger partial charge in [0.25, 0.3) is 0 Å². The molecule has 0 radical (unpaired) electrons.